The van der Waals surface area contributed by atoms with Gasteiger partial charge in [-0.25, -0.2) is 13.8 Å². The highest BCUT2D eigenvalue weighted by Crippen LogP contribution is 2.25. The first kappa shape index (κ1) is 15.4. The molecule has 0 spiro atoms. The van der Waals surface area contributed by atoms with Crippen LogP contribution in [0.5, 0.6) is 0 Å². The number of pyridine rings is 1. The summed E-state index contributed by atoms with van der Waals surface area (Å²) in [5.74, 6) is -2.68. The summed E-state index contributed by atoms with van der Waals surface area (Å²) in [6.45, 7) is -0.469. The number of hydrogen-bond donors (Lipinski definition) is 3. The van der Waals surface area contributed by atoms with E-state index in [1.54, 1.807) is 12.1 Å². The van der Waals surface area contributed by atoms with Crippen LogP contribution in [-0.4, -0.2) is 29.4 Å². The molecule has 5 nitrogen and oxygen atoms in total. The van der Waals surface area contributed by atoms with Crippen molar-refractivity contribution in [3.8, 4) is 0 Å². The van der Waals surface area contributed by atoms with Crippen molar-refractivity contribution in [1.82, 2.24) is 10.3 Å². The van der Waals surface area contributed by atoms with Crippen molar-refractivity contribution in [3.63, 3.8) is 0 Å². The normalized spacial score (nSPS) is 19.3. The molecule has 23 heavy (non-hydrogen) atoms. The highest BCUT2D eigenvalue weighted by atomic mass is 19.3. The minimum absolute atomic E-state index is 0.464. The van der Waals surface area contributed by atoms with E-state index >= 15 is 0 Å². The highest BCUT2D eigenvalue weighted by molar-refractivity contribution is 5.95. The Bertz CT molecular complexity index is 676. The first-order valence-electron chi connectivity index (χ1n) is 7.22. The number of nitrogens with zero attached hydrogens (tertiary/aromatic N) is 1. The Morgan fingerprint density at radius 3 is 2.57 bits per heavy atom. The summed E-state index contributed by atoms with van der Waals surface area (Å²) < 4.78 is 26.2. The summed E-state index contributed by atoms with van der Waals surface area (Å²) in [6, 6.07) is 12.0. The van der Waals surface area contributed by atoms with Gasteiger partial charge in [0.25, 0.3) is 5.92 Å². The minimum Gasteiger partial charge on any atom is -0.340 e. The maximum Gasteiger partial charge on any atom is 0.262 e. The Labute approximate surface area is 132 Å². The summed E-state index contributed by atoms with van der Waals surface area (Å²) >= 11 is 0. The topological polar surface area (TPSA) is 66.0 Å². The molecular weight excluding hydrogens is 302 g/mol. The first-order chi connectivity index (χ1) is 11.0. The predicted molar refractivity (Wildman–Crippen MR) is 83.9 cm³/mol. The molecule has 1 unspecified atom stereocenters. The van der Waals surface area contributed by atoms with E-state index in [-0.39, 0.29) is 0 Å². The molecule has 1 aromatic heterocycles. The second-order valence-corrected chi connectivity index (χ2v) is 5.41. The number of carbonyl (C=O) groups is 1. The lowest BCUT2D eigenvalue weighted by Gasteiger charge is -2.11. The van der Waals surface area contributed by atoms with Crippen molar-refractivity contribution in [2.45, 2.75) is 18.4 Å². The van der Waals surface area contributed by atoms with Gasteiger partial charge in [-0.1, -0.05) is 18.2 Å². The molecule has 2 aromatic rings. The zero-order chi connectivity index (χ0) is 16.3. The van der Waals surface area contributed by atoms with E-state index in [0.29, 0.717) is 11.5 Å². The number of alkyl halides is 2. The maximum atomic E-state index is 13.1. The van der Waals surface area contributed by atoms with Crippen LogP contribution in [0, 0.1) is 0 Å². The molecule has 2 heterocycles. The monoisotopic (exact) mass is 318 g/mol. The fourth-order valence-corrected chi connectivity index (χ4v) is 2.34. The van der Waals surface area contributed by atoms with Gasteiger partial charge in [-0.2, -0.15) is 0 Å². The quantitative estimate of drug-likeness (QED) is 0.811. The van der Waals surface area contributed by atoms with Crippen molar-refractivity contribution in [2.24, 2.45) is 0 Å². The maximum absolute atomic E-state index is 13.1. The van der Waals surface area contributed by atoms with Gasteiger partial charge in [0.15, 0.2) is 0 Å². The van der Waals surface area contributed by atoms with Crippen LogP contribution >= 0.6 is 0 Å². The molecule has 7 heteroatoms. The molecule has 3 rings (SSSR count). The number of carbonyl (C=O) groups excluding carboxylic acids is 1. The van der Waals surface area contributed by atoms with Gasteiger partial charge >= 0.3 is 0 Å². The average molecular weight is 318 g/mol. The minimum atomic E-state index is -2.83. The lowest BCUT2D eigenvalue weighted by atomic mass is 10.2. The van der Waals surface area contributed by atoms with Crippen molar-refractivity contribution in [1.29, 1.82) is 0 Å². The molecule has 1 fully saturated rings. The highest BCUT2D eigenvalue weighted by Gasteiger charge is 2.42. The number of amides is 1. The Morgan fingerprint density at radius 1 is 1.17 bits per heavy atom. The van der Waals surface area contributed by atoms with Crippen LogP contribution in [0.15, 0.2) is 48.7 Å². The van der Waals surface area contributed by atoms with E-state index in [1.807, 2.05) is 30.3 Å². The lowest BCUT2D eigenvalue weighted by Crippen LogP contribution is -2.35. The Hall–Kier alpha value is -2.54. The van der Waals surface area contributed by atoms with E-state index in [9.17, 15) is 13.6 Å². The van der Waals surface area contributed by atoms with Crippen LogP contribution in [0.2, 0.25) is 0 Å². The third kappa shape index (κ3) is 4.01. The predicted octanol–water partition coefficient (Wildman–Crippen LogP) is 2.76. The second-order valence-electron chi connectivity index (χ2n) is 5.41. The number of para-hydroxylation sites is 1. The number of halogens is 2. The smallest absolute Gasteiger partial charge is 0.262 e. The molecule has 1 saturated heterocycles. The Kier molecular flexibility index (Phi) is 4.20. The number of nitrogens with one attached hydrogen (secondary N) is 3. The molecule has 120 valence electrons. The summed E-state index contributed by atoms with van der Waals surface area (Å²) in [6.07, 6.45) is 0.996. The third-order valence-corrected chi connectivity index (χ3v) is 3.50. The Morgan fingerprint density at radius 2 is 1.96 bits per heavy atom. The van der Waals surface area contributed by atoms with Crippen LogP contribution in [-0.2, 0) is 4.79 Å². The number of rotatable bonds is 4. The fourth-order valence-electron chi connectivity index (χ4n) is 2.34. The summed E-state index contributed by atoms with van der Waals surface area (Å²) in [5.41, 5.74) is 1.36. The summed E-state index contributed by atoms with van der Waals surface area (Å²) in [5, 5.41) is 8.22. The average Bonchev–Trinajstić information content (AvgIpc) is 2.90. The molecule has 1 aromatic carbocycles. The molecule has 0 aliphatic carbocycles. The van der Waals surface area contributed by atoms with Gasteiger partial charge < -0.3 is 10.6 Å². The SMILES string of the molecule is O=C(Nc1ccc(Nc2ccccc2)nc1)C1CC(F)(F)CN1. The van der Waals surface area contributed by atoms with E-state index in [2.05, 4.69) is 20.9 Å². The lowest BCUT2D eigenvalue weighted by molar-refractivity contribution is -0.118. The first-order valence-corrected chi connectivity index (χ1v) is 7.22. The zero-order valence-electron chi connectivity index (χ0n) is 12.2. The van der Waals surface area contributed by atoms with Gasteiger partial charge in [0.05, 0.1) is 24.5 Å². The Balaban J connectivity index is 1.58. The fraction of sp³-hybridized carbons (Fsp3) is 0.250. The zero-order valence-corrected chi connectivity index (χ0v) is 12.2. The van der Waals surface area contributed by atoms with Crippen LogP contribution in [0.1, 0.15) is 6.42 Å². The number of benzene rings is 1. The molecule has 1 amide bonds. The molecule has 1 aliphatic rings. The van der Waals surface area contributed by atoms with Crippen LogP contribution < -0.4 is 16.0 Å². The van der Waals surface area contributed by atoms with Gasteiger partial charge in [-0.05, 0) is 24.3 Å². The van der Waals surface area contributed by atoms with Crippen LogP contribution in [0.25, 0.3) is 0 Å². The summed E-state index contributed by atoms with van der Waals surface area (Å²) in [4.78, 5) is 16.1. The van der Waals surface area contributed by atoms with Gasteiger partial charge in [-0.15, -0.1) is 0 Å². The van der Waals surface area contributed by atoms with Gasteiger partial charge in [0, 0.05) is 12.1 Å². The van der Waals surface area contributed by atoms with Crippen molar-refractivity contribution >= 4 is 23.1 Å². The molecule has 0 saturated carbocycles. The molecular formula is C16H16F2N4O. The van der Waals surface area contributed by atoms with Gasteiger partial charge in [0.2, 0.25) is 5.91 Å². The number of hydrogen-bond acceptors (Lipinski definition) is 4. The summed E-state index contributed by atoms with van der Waals surface area (Å²) in [7, 11) is 0. The molecule has 1 aliphatic heterocycles. The molecule has 1 atom stereocenters. The number of aromatic nitrogens is 1. The van der Waals surface area contributed by atoms with E-state index < -0.39 is 30.8 Å². The largest absolute Gasteiger partial charge is 0.340 e. The standard InChI is InChI=1S/C16H16F2N4O/c17-16(18)8-13(20-10-16)15(23)22-12-6-7-14(19-9-12)21-11-4-2-1-3-5-11/h1-7,9,13,20H,8,10H2,(H,19,21)(H,22,23). The van der Waals surface area contributed by atoms with Crippen molar-refractivity contribution in [3.05, 3.63) is 48.7 Å². The number of anilines is 3. The van der Waals surface area contributed by atoms with Gasteiger partial charge in [0.1, 0.15) is 5.82 Å². The van der Waals surface area contributed by atoms with Crippen LogP contribution in [0.3, 0.4) is 0 Å². The second kappa shape index (κ2) is 6.29. The van der Waals surface area contributed by atoms with Gasteiger partial charge in [-0.3, -0.25) is 10.1 Å². The van der Waals surface area contributed by atoms with Crippen molar-refractivity contribution in [2.75, 3.05) is 17.2 Å². The molecule has 0 radical (unpaired) electrons. The van der Waals surface area contributed by atoms with E-state index in [4.69, 9.17) is 0 Å². The molecule has 0 bridgehead atoms. The van der Waals surface area contributed by atoms with E-state index in [0.717, 1.165) is 5.69 Å². The van der Waals surface area contributed by atoms with Crippen LogP contribution in [0.4, 0.5) is 26.0 Å². The third-order valence-electron chi connectivity index (χ3n) is 3.50. The molecule has 3 N–H and O–H groups in total. The van der Waals surface area contributed by atoms with Crippen molar-refractivity contribution < 1.29 is 13.6 Å². The van der Waals surface area contributed by atoms with E-state index in [1.165, 1.54) is 6.20 Å².